The largest absolute Gasteiger partial charge is 0.490 e. The van der Waals surface area contributed by atoms with E-state index in [-0.39, 0.29) is 0 Å². The van der Waals surface area contributed by atoms with E-state index in [1.165, 1.54) is 5.56 Å². The van der Waals surface area contributed by atoms with Crippen molar-refractivity contribution in [3.8, 4) is 5.75 Å². The molecule has 2 aromatic rings. The van der Waals surface area contributed by atoms with Crippen LogP contribution >= 0.6 is 23.8 Å². The smallest absolute Gasteiger partial charge is 0.170 e. The number of halogens is 1. The van der Waals surface area contributed by atoms with Crippen LogP contribution in [0.25, 0.3) is 0 Å². The predicted octanol–water partition coefficient (Wildman–Crippen LogP) is 4.82. The Labute approximate surface area is 153 Å². The van der Waals surface area contributed by atoms with Crippen molar-refractivity contribution >= 4 is 34.6 Å². The SMILES string of the molecule is C=CCOc1ccc(NC(=S)NCCCc2ccc(Cl)cc2)cc1. The minimum absolute atomic E-state index is 0.500. The Morgan fingerprint density at radius 1 is 1.12 bits per heavy atom. The first-order valence-corrected chi connectivity index (χ1v) is 8.59. The van der Waals surface area contributed by atoms with Crippen molar-refractivity contribution in [3.05, 3.63) is 71.8 Å². The summed E-state index contributed by atoms with van der Waals surface area (Å²) in [6.45, 7) is 4.94. The molecule has 2 aromatic carbocycles. The molecule has 0 aliphatic carbocycles. The number of hydrogen-bond acceptors (Lipinski definition) is 2. The highest BCUT2D eigenvalue weighted by atomic mass is 35.5. The minimum Gasteiger partial charge on any atom is -0.490 e. The Kier molecular flexibility index (Phi) is 7.59. The van der Waals surface area contributed by atoms with Gasteiger partial charge in [0.05, 0.1) is 0 Å². The van der Waals surface area contributed by atoms with Crippen molar-refractivity contribution in [1.29, 1.82) is 0 Å². The maximum atomic E-state index is 5.88. The van der Waals surface area contributed by atoms with Crippen molar-refractivity contribution < 1.29 is 4.74 Å². The van der Waals surface area contributed by atoms with E-state index in [1.807, 2.05) is 36.4 Å². The molecule has 0 aliphatic rings. The molecule has 2 N–H and O–H groups in total. The van der Waals surface area contributed by atoms with Crippen LogP contribution in [0.1, 0.15) is 12.0 Å². The molecule has 0 unspecified atom stereocenters. The molecule has 3 nitrogen and oxygen atoms in total. The lowest BCUT2D eigenvalue weighted by atomic mass is 10.1. The van der Waals surface area contributed by atoms with Crippen LogP contribution in [0.3, 0.4) is 0 Å². The summed E-state index contributed by atoms with van der Waals surface area (Å²) >= 11 is 11.2. The molecule has 0 saturated carbocycles. The summed E-state index contributed by atoms with van der Waals surface area (Å²) in [5, 5.41) is 7.75. The Hall–Kier alpha value is -2.04. The lowest BCUT2D eigenvalue weighted by Crippen LogP contribution is -2.29. The Bertz CT molecular complexity index is 656. The molecule has 0 bridgehead atoms. The molecular weight excluding hydrogens is 340 g/mol. The first kappa shape index (κ1) is 18.3. The molecule has 0 heterocycles. The number of nitrogens with one attached hydrogen (secondary N) is 2. The molecule has 0 atom stereocenters. The van der Waals surface area contributed by atoms with Crippen molar-refractivity contribution in [1.82, 2.24) is 5.32 Å². The molecule has 2 rings (SSSR count). The van der Waals surface area contributed by atoms with Crippen molar-refractivity contribution in [2.24, 2.45) is 0 Å². The molecule has 0 spiro atoms. The molecule has 0 fully saturated rings. The van der Waals surface area contributed by atoms with E-state index in [0.29, 0.717) is 11.7 Å². The highest BCUT2D eigenvalue weighted by Gasteiger charge is 1.99. The summed E-state index contributed by atoms with van der Waals surface area (Å²) in [6, 6.07) is 15.6. The number of anilines is 1. The van der Waals surface area contributed by atoms with Crippen LogP contribution in [-0.2, 0) is 6.42 Å². The van der Waals surface area contributed by atoms with E-state index < -0.39 is 0 Å². The van der Waals surface area contributed by atoms with Crippen molar-refractivity contribution in [2.45, 2.75) is 12.8 Å². The molecule has 0 aliphatic heterocycles. The van der Waals surface area contributed by atoms with E-state index in [9.17, 15) is 0 Å². The number of hydrogen-bond donors (Lipinski definition) is 2. The van der Waals surface area contributed by atoms with Crippen LogP contribution in [0.4, 0.5) is 5.69 Å². The van der Waals surface area contributed by atoms with Gasteiger partial charge in [0.1, 0.15) is 12.4 Å². The Morgan fingerprint density at radius 2 is 1.83 bits per heavy atom. The van der Waals surface area contributed by atoms with Gasteiger partial charge in [-0.15, -0.1) is 0 Å². The molecular formula is C19H21ClN2OS. The standard InChI is InChI=1S/C19H21ClN2OS/c1-2-14-23-18-11-9-17(10-12-18)22-19(24)21-13-3-4-15-5-7-16(20)8-6-15/h2,5-12H,1,3-4,13-14H2,(H2,21,22,24). The van der Waals surface area contributed by atoms with E-state index in [1.54, 1.807) is 6.08 Å². The van der Waals surface area contributed by atoms with Gasteiger partial charge in [-0.3, -0.25) is 0 Å². The zero-order valence-electron chi connectivity index (χ0n) is 13.4. The molecule has 0 aromatic heterocycles. The fourth-order valence-corrected chi connectivity index (χ4v) is 2.46. The Balaban J connectivity index is 1.67. The summed E-state index contributed by atoms with van der Waals surface area (Å²) in [4.78, 5) is 0. The van der Waals surface area contributed by atoms with Crippen LogP contribution in [0.5, 0.6) is 5.75 Å². The highest BCUT2D eigenvalue weighted by Crippen LogP contribution is 2.15. The number of thiocarbonyl (C=S) groups is 1. The summed E-state index contributed by atoms with van der Waals surface area (Å²) in [6.07, 6.45) is 3.70. The third kappa shape index (κ3) is 6.60. The lowest BCUT2D eigenvalue weighted by molar-refractivity contribution is 0.363. The fourth-order valence-electron chi connectivity index (χ4n) is 2.11. The van der Waals surface area contributed by atoms with Gasteiger partial charge in [-0.05, 0) is 67.0 Å². The van der Waals surface area contributed by atoms with Gasteiger partial charge >= 0.3 is 0 Å². The van der Waals surface area contributed by atoms with Gasteiger partial charge < -0.3 is 15.4 Å². The number of rotatable bonds is 8. The van der Waals surface area contributed by atoms with Gasteiger partial charge in [0.2, 0.25) is 0 Å². The first-order valence-electron chi connectivity index (χ1n) is 7.80. The highest BCUT2D eigenvalue weighted by molar-refractivity contribution is 7.80. The van der Waals surface area contributed by atoms with Gasteiger partial charge in [-0.1, -0.05) is 36.4 Å². The fraction of sp³-hybridized carbons (Fsp3) is 0.211. The quantitative estimate of drug-likeness (QED) is 0.401. The zero-order valence-corrected chi connectivity index (χ0v) is 15.0. The molecule has 5 heteroatoms. The summed E-state index contributed by atoms with van der Waals surface area (Å²) in [5.41, 5.74) is 2.20. The summed E-state index contributed by atoms with van der Waals surface area (Å²) in [5.74, 6) is 0.808. The second-order valence-corrected chi connectivity index (χ2v) is 6.08. The summed E-state index contributed by atoms with van der Waals surface area (Å²) in [7, 11) is 0. The van der Waals surface area contributed by atoms with Gasteiger partial charge in [-0.25, -0.2) is 0 Å². The van der Waals surface area contributed by atoms with Gasteiger partial charge in [0, 0.05) is 17.3 Å². The first-order chi connectivity index (χ1) is 11.7. The predicted molar refractivity (Wildman–Crippen MR) is 106 cm³/mol. The second-order valence-electron chi connectivity index (χ2n) is 5.23. The summed E-state index contributed by atoms with van der Waals surface area (Å²) < 4.78 is 5.44. The van der Waals surface area contributed by atoms with E-state index in [2.05, 4.69) is 29.3 Å². The third-order valence-electron chi connectivity index (χ3n) is 3.32. The molecule has 24 heavy (non-hydrogen) atoms. The normalized spacial score (nSPS) is 10.0. The van der Waals surface area contributed by atoms with E-state index in [4.69, 9.17) is 28.6 Å². The average Bonchev–Trinajstić information content (AvgIpc) is 2.60. The van der Waals surface area contributed by atoms with Crippen LogP contribution in [-0.4, -0.2) is 18.3 Å². The van der Waals surface area contributed by atoms with Gasteiger partial charge in [0.25, 0.3) is 0 Å². The third-order valence-corrected chi connectivity index (χ3v) is 3.82. The minimum atomic E-state index is 0.500. The second kappa shape index (κ2) is 9.96. The van der Waals surface area contributed by atoms with Crippen molar-refractivity contribution in [3.63, 3.8) is 0 Å². The molecule has 0 amide bonds. The lowest BCUT2D eigenvalue weighted by Gasteiger charge is -2.11. The Morgan fingerprint density at radius 3 is 2.50 bits per heavy atom. The molecule has 126 valence electrons. The van der Waals surface area contributed by atoms with Gasteiger partial charge in [0.15, 0.2) is 5.11 Å². The molecule has 0 saturated heterocycles. The maximum Gasteiger partial charge on any atom is 0.170 e. The van der Waals surface area contributed by atoms with E-state index in [0.717, 1.165) is 35.8 Å². The number of benzene rings is 2. The number of aryl methyl sites for hydroxylation is 1. The van der Waals surface area contributed by atoms with E-state index >= 15 is 0 Å². The number of ether oxygens (including phenoxy) is 1. The van der Waals surface area contributed by atoms with Crippen molar-refractivity contribution in [2.75, 3.05) is 18.5 Å². The van der Waals surface area contributed by atoms with Gasteiger partial charge in [-0.2, -0.15) is 0 Å². The zero-order chi connectivity index (χ0) is 17.2. The van der Waals surface area contributed by atoms with Crippen LogP contribution < -0.4 is 15.4 Å². The average molecular weight is 361 g/mol. The molecule has 0 radical (unpaired) electrons. The topological polar surface area (TPSA) is 33.3 Å². The maximum absolute atomic E-state index is 5.88. The van der Waals surface area contributed by atoms with Crippen LogP contribution in [0.15, 0.2) is 61.2 Å². The van der Waals surface area contributed by atoms with Crippen LogP contribution in [0, 0.1) is 0 Å². The van der Waals surface area contributed by atoms with Crippen LogP contribution in [0.2, 0.25) is 5.02 Å². The monoisotopic (exact) mass is 360 g/mol.